The average molecular weight is 585 g/mol. The minimum Gasteiger partial charge on any atom is -0.120 e. The van der Waals surface area contributed by atoms with Crippen molar-refractivity contribution in [2.75, 3.05) is 0 Å². The fourth-order valence-corrected chi connectivity index (χ4v) is 10.4. The summed E-state index contributed by atoms with van der Waals surface area (Å²) in [4.78, 5) is 0. The van der Waals surface area contributed by atoms with Crippen molar-refractivity contribution in [3.63, 3.8) is 0 Å². The lowest BCUT2D eigenvalue weighted by molar-refractivity contribution is 0.273. The monoisotopic (exact) mass is 584 g/mol. The fraction of sp³-hybridized carbons (Fsp3) is 0.545. The molecule has 0 aliphatic heterocycles. The summed E-state index contributed by atoms with van der Waals surface area (Å²) in [6.07, 6.45) is 45.3. The second-order valence-corrected chi connectivity index (χ2v) is 14.6. The summed E-state index contributed by atoms with van der Waals surface area (Å²) < 4.78 is 0. The van der Waals surface area contributed by atoms with Gasteiger partial charge < -0.3 is 0 Å². The van der Waals surface area contributed by atoms with Gasteiger partial charge in [-0.15, -0.1) is 24.7 Å². The minimum atomic E-state index is 0.815. The Kier molecular flexibility index (Phi) is 10.6. The first-order valence-electron chi connectivity index (χ1n) is 17.5. The summed E-state index contributed by atoms with van der Waals surface area (Å²) in [7, 11) is 0. The van der Waals surface area contributed by atoms with E-state index in [0.29, 0.717) is 0 Å². The zero-order chi connectivity index (χ0) is 31.4. The third-order valence-electron chi connectivity index (χ3n) is 12.7. The van der Waals surface area contributed by atoms with Gasteiger partial charge in [0.2, 0.25) is 0 Å². The Hall–Kier alpha value is -2.96. The molecule has 10 rings (SSSR count). The zero-order valence-corrected chi connectivity index (χ0v) is 28.3. The van der Waals surface area contributed by atoms with E-state index >= 15 is 0 Å². The molecule has 0 heterocycles. The molecule has 0 amide bonds. The Labute approximate surface area is 270 Å². The quantitative estimate of drug-likeness (QED) is 0.151. The van der Waals surface area contributed by atoms with Crippen LogP contribution in [0.2, 0.25) is 0 Å². The number of allylic oxidation sites excluding steroid dienone is 16. The summed E-state index contributed by atoms with van der Waals surface area (Å²) in [5.41, 5.74) is 6.78. The van der Waals surface area contributed by atoms with Gasteiger partial charge in [-0.2, -0.15) is 0 Å². The molecule has 44 heavy (non-hydrogen) atoms. The summed E-state index contributed by atoms with van der Waals surface area (Å²) in [6.45, 7) is 12.6. The predicted molar refractivity (Wildman–Crippen MR) is 190 cm³/mol. The van der Waals surface area contributed by atoms with E-state index in [-0.39, 0.29) is 0 Å². The lowest BCUT2D eigenvalue weighted by Crippen LogP contribution is -2.26. The molecule has 0 spiro atoms. The lowest BCUT2D eigenvalue weighted by atomic mass is 9.71. The fourth-order valence-electron chi connectivity index (χ4n) is 10.4. The van der Waals surface area contributed by atoms with E-state index in [1.807, 2.05) is 0 Å². The Morgan fingerprint density at radius 3 is 1.45 bits per heavy atom. The average Bonchev–Trinajstić information content (AvgIpc) is 3.88. The van der Waals surface area contributed by atoms with Crippen LogP contribution in [0.5, 0.6) is 0 Å². The second kappa shape index (κ2) is 14.4. The molecule has 232 valence electrons. The van der Waals surface area contributed by atoms with Crippen LogP contribution in [0.1, 0.15) is 80.1 Å². The Morgan fingerprint density at radius 1 is 0.545 bits per heavy atom. The Bertz CT molecular complexity index is 1290. The normalized spacial score (nSPS) is 41.0. The van der Waals surface area contributed by atoms with Crippen molar-refractivity contribution in [3.8, 4) is 24.7 Å². The molecule has 12 atom stereocenters. The van der Waals surface area contributed by atoms with Crippen molar-refractivity contribution in [2.45, 2.75) is 80.1 Å². The minimum absolute atomic E-state index is 0.815. The van der Waals surface area contributed by atoms with E-state index in [4.69, 9.17) is 0 Å². The van der Waals surface area contributed by atoms with Gasteiger partial charge in [-0.05, 0) is 151 Å². The highest BCUT2D eigenvalue weighted by Crippen LogP contribution is 2.66. The highest BCUT2D eigenvalue weighted by atomic mass is 14.6. The third-order valence-corrected chi connectivity index (χ3v) is 12.7. The molecule has 0 nitrogen and oxygen atoms in total. The Morgan fingerprint density at radius 2 is 1.02 bits per heavy atom. The van der Waals surface area contributed by atoms with Gasteiger partial charge in [0.15, 0.2) is 0 Å². The first kappa shape index (κ1) is 32.4. The van der Waals surface area contributed by atoms with Crippen LogP contribution in [0, 0.1) is 95.7 Å². The van der Waals surface area contributed by atoms with E-state index in [1.165, 1.54) is 32.1 Å². The van der Waals surface area contributed by atoms with Crippen molar-refractivity contribution in [1.82, 2.24) is 0 Å². The number of fused-ring (bicyclic) bond motifs is 16. The molecular weight excluding hydrogens is 528 g/mol. The summed E-state index contributed by atoms with van der Waals surface area (Å²) in [6, 6.07) is 0. The van der Waals surface area contributed by atoms with Gasteiger partial charge in [0.05, 0.1) is 0 Å². The molecule has 0 radical (unpaired) electrons. The second-order valence-electron chi connectivity index (χ2n) is 14.6. The highest BCUT2D eigenvalue weighted by Gasteiger charge is 2.59. The van der Waals surface area contributed by atoms with Crippen molar-refractivity contribution < 1.29 is 0 Å². The van der Waals surface area contributed by atoms with Gasteiger partial charge in [-0.25, -0.2) is 0 Å². The van der Waals surface area contributed by atoms with Gasteiger partial charge in [-0.1, -0.05) is 95.2 Å². The Balaban J connectivity index is 0.000000114. The highest BCUT2D eigenvalue weighted by molar-refractivity contribution is 5.36. The maximum absolute atomic E-state index is 4.60. The van der Waals surface area contributed by atoms with Crippen LogP contribution in [0.15, 0.2) is 95.2 Å². The molecule has 0 N–H and O–H groups in total. The van der Waals surface area contributed by atoms with Crippen LogP contribution in [0.25, 0.3) is 0 Å². The predicted octanol–water partition coefficient (Wildman–Crippen LogP) is 11.1. The van der Waals surface area contributed by atoms with Crippen molar-refractivity contribution >= 4 is 0 Å². The van der Waals surface area contributed by atoms with Crippen molar-refractivity contribution in [3.05, 3.63) is 95.2 Å². The first-order valence-corrected chi connectivity index (χ1v) is 17.5. The molecule has 0 saturated heterocycles. The van der Waals surface area contributed by atoms with E-state index in [1.54, 1.807) is 36.1 Å². The lowest BCUT2D eigenvalue weighted by Gasteiger charge is -2.33. The van der Waals surface area contributed by atoms with E-state index in [9.17, 15) is 0 Å². The van der Waals surface area contributed by atoms with Gasteiger partial charge in [0.1, 0.15) is 0 Å². The molecule has 0 heteroatoms. The van der Waals surface area contributed by atoms with Gasteiger partial charge in [-0.3, -0.25) is 0 Å². The largest absolute Gasteiger partial charge is 0.120 e. The van der Waals surface area contributed by atoms with E-state index < -0.39 is 0 Å². The molecule has 0 aromatic carbocycles. The number of rotatable bonds is 0. The smallest absolute Gasteiger partial charge is 0.00144 e. The summed E-state index contributed by atoms with van der Waals surface area (Å²) >= 11 is 0. The van der Waals surface area contributed by atoms with E-state index in [0.717, 1.165) is 77.4 Å². The molecule has 0 aromatic heterocycles. The molecular formula is C44H56. The van der Waals surface area contributed by atoms with E-state index in [2.05, 4.69) is 125 Å². The maximum Gasteiger partial charge on any atom is -0.00144 e. The van der Waals surface area contributed by atoms with Crippen LogP contribution in [-0.2, 0) is 0 Å². The number of hydrogen-bond donors (Lipinski definition) is 0. The zero-order valence-electron chi connectivity index (χ0n) is 28.3. The molecule has 3 fully saturated rings. The van der Waals surface area contributed by atoms with Crippen LogP contribution in [-0.4, -0.2) is 0 Å². The summed E-state index contributed by atoms with van der Waals surface area (Å²) in [5.74, 6) is 15.9. The number of terminal acetylenes is 2. The van der Waals surface area contributed by atoms with Gasteiger partial charge in [0.25, 0.3) is 0 Å². The summed E-state index contributed by atoms with van der Waals surface area (Å²) in [5, 5.41) is 0. The molecule has 0 aromatic rings. The van der Waals surface area contributed by atoms with Crippen LogP contribution >= 0.6 is 0 Å². The van der Waals surface area contributed by atoms with Crippen LogP contribution in [0.3, 0.4) is 0 Å². The topological polar surface area (TPSA) is 0 Å². The molecule has 10 aliphatic carbocycles. The van der Waals surface area contributed by atoms with Crippen molar-refractivity contribution in [2.24, 2.45) is 71.0 Å². The first-order chi connectivity index (χ1) is 21.3. The maximum atomic E-state index is 4.60. The van der Waals surface area contributed by atoms with Crippen molar-refractivity contribution in [1.29, 1.82) is 0 Å². The van der Waals surface area contributed by atoms with Crippen LogP contribution < -0.4 is 0 Å². The van der Waals surface area contributed by atoms with Gasteiger partial charge >= 0.3 is 0 Å². The standard InChI is InChI=1S/C14H18.C10H12.C9H12.C5H6.2C3H4/c1-7-8(2)12-6-11(7)13-9-3-4-10(5-9)14(12)13;1-2-9-7-4-5-8(6-7)10(9)3-1;1-6-7(2)9-4-3-8(6)5-9;1-2-4-5-3-1;2*1-3-2/h3-4,9-14H,5-6H2,1-2H3;1-2,4-5,7-10H,3,6H2;3-4,8-9H,5H2,1-2H3;1-4H,5H2;2*1H,2H3. The SMILES string of the molecule is C#CC.C#CC.C1=CC2C3C=CC(C3)C2C1.C1=CCC=C1.CC1=C(C)C2C=CC1C2.CC1=C(C)C2CC1C1C3C=CC(C3)C21. The molecule has 3 saturated carbocycles. The van der Waals surface area contributed by atoms with Crippen LogP contribution in [0.4, 0.5) is 0 Å². The molecule has 8 bridgehead atoms. The molecule has 10 aliphatic rings. The third kappa shape index (κ3) is 6.25. The van der Waals surface area contributed by atoms with Gasteiger partial charge in [0, 0.05) is 0 Å². The molecule has 12 unspecified atom stereocenters. The number of hydrogen-bond acceptors (Lipinski definition) is 0.